The minimum absolute atomic E-state index is 0.0240. The van der Waals surface area contributed by atoms with E-state index in [0.717, 1.165) is 11.3 Å². The third-order valence-electron chi connectivity index (χ3n) is 4.81. The Morgan fingerprint density at radius 1 is 1.12 bits per heavy atom. The lowest BCUT2D eigenvalue weighted by Gasteiger charge is -2.37. The monoisotopic (exact) mass is 373 g/mol. The molecule has 1 aliphatic heterocycles. The summed E-state index contributed by atoms with van der Waals surface area (Å²) in [6, 6.07) is 10.4. The number of piperazine rings is 1. The van der Waals surface area contributed by atoms with E-state index in [4.69, 9.17) is 11.6 Å². The molecule has 2 aromatic carbocycles. The van der Waals surface area contributed by atoms with Crippen LogP contribution in [0.2, 0.25) is 5.02 Å². The molecule has 1 amide bonds. The maximum atomic E-state index is 12.8. The molecule has 0 saturated carbocycles. The summed E-state index contributed by atoms with van der Waals surface area (Å²) >= 11 is 6.11. The van der Waals surface area contributed by atoms with Gasteiger partial charge in [0.25, 0.3) is 11.6 Å². The van der Waals surface area contributed by atoms with Crippen molar-refractivity contribution in [2.45, 2.75) is 13.8 Å². The van der Waals surface area contributed by atoms with Crippen molar-refractivity contribution in [3.8, 4) is 0 Å². The van der Waals surface area contributed by atoms with E-state index in [1.807, 2.05) is 25.1 Å². The molecule has 6 nitrogen and oxygen atoms in total. The Balaban J connectivity index is 1.74. The lowest BCUT2D eigenvalue weighted by atomic mass is 10.0. The fraction of sp³-hybridized carbons (Fsp3) is 0.316. The van der Waals surface area contributed by atoms with Gasteiger partial charge in [-0.25, -0.2) is 0 Å². The molecule has 7 heteroatoms. The molecule has 2 aromatic rings. The van der Waals surface area contributed by atoms with Gasteiger partial charge in [-0.1, -0.05) is 23.7 Å². The van der Waals surface area contributed by atoms with Crippen molar-refractivity contribution in [3.63, 3.8) is 0 Å². The van der Waals surface area contributed by atoms with Gasteiger partial charge in [0, 0.05) is 54.1 Å². The Morgan fingerprint density at radius 3 is 2.46 bits per heavy atom. The smallest absolute Gasteiger partial charge is 0.273 e. The highest BCUT2D eigenvalue weighted by Gasteiger charge is 2.26. The first-order chi connectivity index (χ1) is 12.4. The van der Waals surface area contributed by atoms with Crippen molar-refractivity contribution >= 4 is 28.9 Å². The van der Waals surface area contributed by atoms with Gasteiger partial charge >= 0.3 is 0 Å². The van der Waals surface area contributed by atoms with E-state index in [2.05, 4.69) is 4.90 Å². The number of nitrogens with zero attached hydrogens (tertiary/aromatic N) is 3. The van der Waals surface area contributed by atoms with Gasteiger partial charge in [-0.05, 0) is 37.6 Å². The molecule has 1 aliphatic rings. The van der Waals surface area contributed by atoms with Crippen LogP contribution in [0.25, 0.3) is 0 Å². The molecule has 0 N–H and O–H groups in total. The minimum atomic E-state index is -0.452. The molecule has 26 heavy (non-hydrogen) atoms. The lowest BCUT2D eigenvalue weighted by molar-refractivity contribution is -0.385. The van der Waals surface area contributed by atoms with Crippen LogP contribution in [0.4, 0.5) is 11.4 Å². The number of amides is 1. The Hall–Kier alpha value is -2.60. The number of hydrogen-bond donors (Lipinski definition) is 0. The minimum Gasteiger partial charge on any atom is -0.368 e. The van der Waals surface area contributed by atoms with Crippen LogP contribution < -0.4 is 4.90 Å². The summed E-state index contributed by atoms with van der Waals surface area (Å²) in [6.07, 6.45) is 0. The normalized spacial score (nSPS) is 14.4. The fourth-order valence-corrected chi connectivity index (χ4v) is 3.46. The van der Waals surface area contributed by atoms with Crippen LogP contribution in [-0.2, 0) is 0 Å². The maximum absolute atomic E-state index is 12.8. The molecule has 0 spiro atoms. The highest BCUT2D eigenvalue weighted by Crippen LogP contribution is 2.26. The quantitative estimate of drug-likeness (QED) is 0.605. The van der Waals surface area contributed by atoms with E-state index >= 15 is 0 Å². The summed E-state index contributed by atoms with van der Waals surface area (Å²) in [5, 5.41) is 11.8. The number of benzene rings is 2. The number of rotatable bonds is 3. The third-order valence-corrected chi connectivity index (χ3v) is 5.05. The van der Waals surface area contributed by atoms with Gasteiger partial charge in [0.2, 0.25) is 0 Å². The van der Waals surface area contributed by atoms with Crippen LogP contribution in [0, 0.1) is 24.0 Å². The molecular formula is C19H20ClN3O3. The zero-order valence-electron chi connectivity index (χ0n) is 14.7. The Morgan fingerprint density at radius 2 is 1.81 bits per heavy atom. The first-order valence-corrected chi connectivity index (χ1v) is 8.80. The van der Waals surface area contributed by atoms with E-state index in [1.54, 1.807) is 24.0 Å². The number of anilines is 1. The van der Waals surface area contributed by atoms with Crippen LogP contribution in [0.3, 0.4) is 0 Å². The second-order valence-corrected chi connectivity index (χ2v) is 6.85. The Labute approximate surface area is 157 Å². The SMILES string of the molecule is Cc1ccc(Cl)cc1N1CCN(C(=O)c2cccc([N+](=O)[O-])c2C)CC1. The van der Waals surface area contributed by atoms with Gasteiger partial charge < -0.3 is 9.80 Å². The highest BCUT2D eigenvalue weighted by atomic mass is 35.5. The molecule has 1 saturated heterocycles. The average molecular weight is 374 g/mol. The first kappa shape index (κ1) is 18.2. The van der Waals surface area contributed by atoms with E-state index in [0.29, 0.717) is 42.3 Å². The van der Waals surface area contributed by atoms with Crippen molar-refractivity contribution < 1.29 is 9.72 Å². The lowest BCUT2D eigenvalue weighted by Crippen LogP contribution is -2.49. The second-order valence-electron chi connectivity index (χ2n) is 6.42. The molecular weight excluding hydrogens is 354 g/mol. The van der Waals surface area contributed by atoms with E-state index in [9.17, 15) is 14.9 Å². The highest BCUT2D eigenvalue weighted by molar-refractivity contribution is 6.30. The van der Waals surface area contributed by atoms with Gasteiger partial charge in [0.15, 0.2) is 0 Å². The topological polar surface area (TPSA) is 66.7 Å². The number of carbonyl (C=O) groups is 1. The van der Waals surface area contributed by atoms with Crippen LogP contribution >= 0.6 is 11.6 Å². The van der Waals surface area contributed by atoms with Crippen molar-refractivity contribution in [2.24, 2.45) is 0 Å². The van der Waals surface area contributed by atoms with Crippen molar-refractivity contribution in [1.29, 1.82) is 0 Å². The number of nitro benzene ring substituents is 1. The number of halogens is 1. The number of hydrogen-bond acceptors (Lipinski definition) is 4. The van der Waals surface area contributed by atoms with Crippen molar-refractivity contribution in [3.05, 3.63) is 68.2 Å². The standard InChI is InChI=1S/C19H20ClN3O3/c1-13-6-7-15(20)12-18(13)21-8-10-22(11-9-21)19(24)16-4-3-5-17(14(16)2)23(25)26/h3-7,12H,8-11H2,1-2H3. The van der Waals surface area contributed by atoms with Crippen LogP contribution in [0.15, 0.2) is 36.4 Å². The predicted molar refractivity (Wildman–Crippen MR) is 102 cm³/mol. The number of nitro groups is 1. The second kappa shape index (κ2) is 7.33. The van der Waals surface area contributed by atoms with Crippen LogP contribution in [0.1, 0.15) is 21.5 Å². The summed E-state index contributed by atoms with van der Waals surface area (Å²) in [5.74, 6) is -0.159. The van der Waals surface area contributed by atoms with Gasteiger partial charge in [0.05, 0.1) is 4.92 Å². The summed E-state index contributed by atoms with van der Waals surface area (Å²) in [6.45, 7) is 6.17. The van der Waals surface area contributed by atoms with Gasteiger partial charge in [-0.3, -0.25) is 14.9 Å². The zero-order valence-corrected chi connectivity index (χ0v) is 15.5. The largest absolute Gasteiger partial charge is 0.368 e. The molecule has 0 unspecified atom stereocenters. The van der Waals surface area contributed by atoms with Gasteiger partial charge in [-0.2, -0.15) is 0 Å². The summed E-state index contributed by atoms with van der Waals surface area (Å²) in [4.78, 5) is 27.4. The average Bonchev–Trinajstić information content (AvgIpc) is 2.63. The predicted octanol–water partition coefficient (Wildman–Crippen LogP) is 3.83. The molecule has 0 bridgehead atoms. The fourth-order valence-electron chi connectivity index (χ4n) is 3.30. The molecule has 0 radical (unpaired) electrons. The zero-order chi connectivity index (χ0) is 18.8. The van der Waals surface area contributed by atoms with Crippen LogP contribution in [0.5, 0.6) is 0 Å². The Bertz CT molecular complexity index is 861. The molecule has 0 atom stereocenters. The molecule has 1 heterocycles. The molecule has 3 rings (SSSR count). The van der Waals surface area contributed by atoms with E-state index < -0.39 is 4.92 Å². The molecule has 0 aliphatic carbocycles. The summed E-state index contributed by atoms with van der Waals surface area (Å²) in [5.41, 5.74) is 3.01. The Kier molecular flexibility index (Phi) is 5.13. The summed E-state index contributed by atoms with van der Waals surface area (Å²) in [7, 11) is 0. The van der Waals surface area contributed by atoms with E-state index in [1.165, 1.54) is 6.07 Å². The molecule has 136 valence electrons. The molecule has 1 fully saturated rings. The summed E-state index contributed by atoms with van der Waals surface area (Å²) < 4.78 is 0. The van der Waals surface area contributed by atoms with Gasteiger partial charge in [-0.15, -0.1) is 0 Å². The third kappa shape index (κ3) is 3.51. The number of aryl methyl sites for hydroxylation is 1. The first-order valence-electron chi connectivity index (χ1n) is 8.43. The van der Waals surface area contributed by atoms with Gasteiger partial charge in [0.1, 0.15) is 0 Å². The number of carbonyl (C=O) groups excluding carboxylic acids is 1. The van der Waals surface area contributed by atoms with Crippen molar-refractivity contribution in [1.82, 2.24) is 4.90 Å². The molecule has 0 aromatic heterocycles. The van der Waals surface area contributed by atoms with Crippen molar-refractivity contribution in [2.75, 3.05) is 31.1 Å². The van der Waals surface area contributed by atoms with E-state index in [-0.39, 0.29) is 11.6 Å². The van der Waals surface area contributed by atoms with Crippen LogP contribution in [-0.4, -0.2) is 41.9 Å². The maximum Gasteiger partial charge on any atom is 0.273 e.